The monoisotopic (exact) mass is 1170 g/mol. The summed E-state index contributed by atoms with van der Waals surface area (Å²) in [5.41, 5.74) is -2.26. The predicted octanol–water partition coefficient (Wildman–Crippen LogP) is 25.0. The fraction of sp³-hybridized carbons (Fsp3) is 0.631. The number of rotatable bonds is 36. The number of alkyl halides is 6. The van der Waals surface area contributed by atoms with E-state index >= 15 is 26.3 Å². The Kier molecular flexibility index (Phi) is 22.5. The predicted molar refractivity (Wildman–Crippen MR) is 329 cm³/mol. The molecule has 0 spiro atoms. The van der Waals surface area contributed by atoms with Crippen LogP contribution in [0.2, 0.25) is 0 Å². The molecule has 0 saturated heterocycles. The van der Waals surface area contributed by atoms with Gasteiger partial charge in [-0.1, -0.05) is 195 Å². The molecule has 0 amide bonds. The molecule has 0 nitrogen and oxygen atoms in total. The van der Waals surface area contributed by atoms with Crippen LogP contribution in [0.1, 0.15) is 240 Å². The molecule has 1 fully saturated rings. The topological polar surface area (TPSA) is 0 Å². The van der Waals surface area contributed by atoms with Crippen LogP contribution in [0.3, 0.4) is 0 Å². The molecule has 4 aromatic heterocycles. The van der Waals surface area contributed by atoms with Crippen molar-refractivity contribution in [1.82, 2.24) is 0 Å². The van der Waals surface area contributed by atoms with Crippen LogP contribution in [-0.4, -0.2) is 27.3 Å². The van der Waals surface area contributed by atoms with Gasteiger partial charge < -0.3 is 0 Å². The SMILES string of the molecule is CCCCCCCCCCCCc1ccc(-c2ccc(C3=CC4=C5C(=C6C=C(c7ccc(-c8ccc(CCCCCCCCCCCC)s8)s7)S[C@@]6(CCCCCC)[C@]4(CCCCCC)S3)C(F)(F)C(F)(F)C5(F)F)s2)s1. The molecule has 0 aromatic carbocycles. The molecule has 424 valence electrons. The zero-order valence-corrected chi connectivity index (χ0v) is 51.5. The van der Waals surface area contributed by atoms with E-state index < -0.39 is 38.4 Å². The first-order valence-electron chi connectivity index (χ1n) is 30.1. The summed E-state index contributed by atoms with van der Waals surface area (Å²) in [5, 5.41) is 0. The van der Waals surface area contributed by atoms with Gasteiger partial charge in [0.25, 0.3) is 0 Å². The number of thiophene rings is 4. The third-order valence-corrected chi connectivity index (χ3v) is 25.3. The first kappa shape index (κ1) is 61.1. The molecular formula is C65H86F6S6. The van der Waals surface area contributed by atoms with Gasteiger partial charge in [-0.15, -0.1) is 68.9 Å². The zero-order chi connectivity index (χ0) is 54.5. The van der Waals surface area contributed by atoms with Crippen LogP contribution in [0.25, 0.3) is 29.3 Å². The van der Waals surface area contributed by atoms with Crippen LogP contribution in [-0.2, 0) is 12.8 Å². The molecule has 2 atom stereocenters. The van der Waals surface area contributed by atoms with E-state index in [1.165, 1.54) is 149 Å². The number of hydrogen-bond acceptors (Lipinski definition) is 6. The highest BCUT2D eigenvalue weighted by Crippen LogP contribution is 2.77. The lowest BCUT2D eigenvalue weighted by Gasteiger charge is -2.51. The first-order valence-corrected chi connectivity index (χ1v) is 35.0. The summed E-state index contributed by atoms with van der Waals surface area (Å²) in [6, 6.07) is 17.0. The van der Waals surface area contributed by atoms with Crippen molar-refractivity contribution >= 4 is 78.7 Å². The van der Waals surface area contributed by atoms with E-state index in [1.807, 2.05) is 12.1 Å². The molecule has 4 aromatic rings. The van der Waals surface area contributed by atoms with E-state index in [0.29, 0.717) is 35.5 Å². The standard InChI is InChI=1S/C65H86F6S6/c1-5-9-13-17-19-21-23-25-27-29-33-47-35-37-51(72-47)53-39-41-55(74-53)57-45-49-59-60(64(68,69)65(70,71)63(59,66)67)50-46-58(77-62(50,44-32-16-12-8-4)61(49,76-57)43-31-15-11-7-3)56-42-40-54(75-56)52-38-36-48(73-52)34-30-28-26-24-22-20-18-14-10-6-2/h35-42,45-46H,5-34,43-44H2,1-4H3/t61-,62-/m1/s1. The summed E-state index contributed by atoms with van der Waals surface area (Å²) >= 11 is 9.77. The number of aryl methyl sites for hydroxylation is 2. The van der Waals surface area contributed by atoms with Gasteiger partial charge in [0, 0.05) is 60.0 Å². The van der Waals surface area contributed by atoms with Gasteiger partial charge in [-0.25, -0.2) is 0 Å². The molecule has 4 aliphatic rings. The van der Waals surface area contributed by atoms with Crippen LogP contribution in [0.5, 0.6) is 0 Å². The molecule has 2 aliphatic carbocycles. The Hall–Kier alpha value is -1.96. The largest absolute Gasteiger partial charge is 0.380 e. The van der Waals surface area contributed by atoms with Gasteiger partial charge in [0.15, 0.2) is 0 Å². The van der Waals surface area contributed by atoms with Gasteiger partial charge in [-0.3, -0.25) is 0 Å². The second-order valence-electron chi connectivity index (χ2n) is 22.5. The molecule has 0 unspecified atom stereocenters. The van der Waals surface area contributed by atoms with Crippen molar-refractivity contribution in [2.75, 3.05) is 0 Å². The molecule has 0 N–H and O–H groups in total. The fourth-order valence-corrected chi connectivity index (χ4v) is 20.4. The Bertz CT molecular complexity index is 2460. The number of halogens is 6. The summed E-state index contributed by atoms with van der Waals surface area (Å²) in [6.07, 6.45) is 38.9. The Morgan fingerprint density at radius 2 is 0.610 bits per heavy atom. The Labute approximate surface area is 484 Å². The van der Waals surface area contributed by atoms with Crippen molar-refractivity contribution in [2.45, 2.75) is 260 Å². The quantitative estimate of drug-likeness (QED) is 0.0329. The highest BCUT2D eigenvalue weighted by Gasteiger charge is 2.85. The third-order valence-electron chi connectivity index (χ3n) is 16.7. The van der Waals surface area contributed by atoms with E-state index in [9.17, 15) is 0 Å². The maximum absolute atomic E-state index is 16.9. The summed E-state index contributed by atoms with van der Waals surface area (Å²) < 4.78 is 97.9. The highest BCUT2D eigenvalue weighted by atomic mass is 32.2. The molecule has 1 saturated carbocycles. The second kappa shape index (κ2) is 28.3. The van der Waals surface area contributed by atoms with Crippen molar-refractivity contribution in [3.05, 3.63) is 102 Å². The molecule has 6 heterocycles. The molecule has 2 aliphatic heterocycles. The number of hydrogen-bond donors (Lipinski definition) is 0. The Morgan fingerprint density at radius 3 is 0.961 bits per heavy atom. The Balaban J connectivity index is 1.07. The molecule has 77 heavy (non-hydrogen) atoms. The molecule has 0 bridgehead atoms. The second-order valence-corrected chi connectivity index (χ2v) is 29.7. The van der Waals surface area contributed by atoms with Gasteiger partial charge in [-0.2, -0.15) is 26.3 Å². The van der Waals surface area contributed by atoms with Gasteiger partial charge in [0.1, 0.15) is 0 Å². The van der Waals surface area contributed by atoms with Crippen molar-refractivity contribution in [2.24, 2.45) is 0 Å². The number of fused-ring (bicyclic) bond motifs is 4. The normalized spacial score (nSPS) is 21.1. The first-order chi connectivity index (χ1) is 37.3. The third kappa shape index (κ3) is 13.4. The molecule has 12 heteroatoms. The number of allylic oxidation sites excluding steroid dienone is 4. The zero-order valence-electron chi connectivity index (χ0n) is 46.6. The van der Waals surface area contributed by atoms with E-state index in [1.54, 1.807) is 57.5 Å². The van der Waals surface area contributed by atoms with E-state index in [2.05, 4.69) is 64.1 Å². The maximum atomic E-state index is 16.9. The van der Waals surface area contributed by atoms with Crippen molar-refractivity contribution in [3.8, 4) is 19.5 Å². The molecule has 8 rings (SSSR count). The number of thioether (sulfide) groups is 2. The Morgan fingerprint density at radius 1 is 0.325 bits per heavy atom. The lowest BCUT2D eigenvalue weighted by Crippen LogP contribution is -2.53. The van der Waals surface area contributed by atoms with E-state index in [4.69, 9.17) is 0 Å². The van der Waals surface area contributed by atoms with Gasteiger partial charge in [0.05, 0.1) is 9.49 Å². The van der Waals surface area contributed by atoms with Crippen LogP contribution < -0.4 is 0 Å². The minimum atomic E-state index is -5.60. The summed E-state index contributed by atoms with van der Waals surface area (Å²) in [5.74, 6) is -15.7. The molecule has 0 radical (unpaired) electrons. The van der Waals surface area contributed by atoms with Crippen molar-refractivity contribution in [3.63, 3.8) is 0 Å². The minimum Gasteiger partial charge on any atom is -0.194 e. The van der Waals surface area contributed by atoms with Crippen LogP contribution in [0.15, 0.2) is 83.0 Å². The summed E-state index contributed by atoms with van der Waals surface area (Å²) in [7, 11) is 0. The van der Waals surface area contributed by atoms with Crippen LogP contribution in [0, 0.1) is 0 Å². The van der Waals surface area contributed by atoms with Crippen molar-refractivity contribution in [1.29, 1.82) is 0 Å². The summed E-state index contributed by atoms with van der Waals surface area (Å²) in [6.45, 7) is 8.76. The average Bonchev–Trinajstić information content (AvgIpc) is 4.38. The van der Waals surface area contributed by atoms with E-state index in [0.717, 1.165) is 93.5 Å². The smallest absolute Gasteiger partial charge is 0.194 e. The molecular weight excluding hydrogens is 1090 g/mol. The summed E-state index contributed by atoms with van der Waals surface area (Å²) in [4.78, 5) is 10.2. The van der Waals surface area contributed by atoms with Crippen molar-refractivity contribution < 1.29 is 26.3 Å². The van der Waals surface area contributed by atoms with Gasteiger partial charge >= 0.3 is 17.8 Å². The lowest BCUT2D eigenvalue weighted by atomic mass is 9.66. The van der Waals surface area contributed by atoms with Gasteiger partial charge in [0.2, 0.25) is 0 Å². The van der Waals surface area contributed by atoms with Gasteiger partial charge in [-0.05, 0) is 110 Å². The van der Waals surface area contributed by atoms with Crippen LogP contribution >= 0.6 is 68.9 Å². The maximum Gasteiger partial charge on any atom is 0.380 e. The number of unbranched alkanes of at least 4 members (excludes halogenated alkanes) is 24. The van der Waals surface area contributed by atoms with E-state index in [-0.39, 0.29) is 11.1 Å². The minimum absolute atomic E-state index is 0.00233. The van der Waals surface area contributed by atoms with Crippen LogP contribution in [0.4, 0.5) is 26.3 Å². The average molecular weight is 1170 g/mol. The highest BCUT2D eigenvalue weighted by molar-refractivity contribution is 8.14. The lowest BCUT2D eigenvalue weighted by molar-refractivity contribution is -0.258. The fourth-order valence-electron chi connectivity index (χ4n) is 12.3.